The van der Waals surface area contributed by atoms with Crippen LogP contribution in [-0.2, 0) is 11.3 Å². The lowest BCUT2D eigenvalue weighted by atomic mass is 9.75. The molecule has 0 saturated carbocycles. The van der Waals surface area contributed by atoms with Gasteiger partial charge in [0.15, 0.2) is 11.5 Å². The highest BCUT2D eigenvalue weighted by molar-refractivity contribution is 6.32. The van der Waals surface area contributed by atoms with E-state index >= 15 is 0 Å². The van der Waals surface area contributed by atoms with Gasteiger partial charge in [0.2, 0.25) is 0 Å². The molecule has 0 amide bonds. The molecule has 0 spiro atoms. The number of nitrogens with zero attached hydrogens (tertiary/aromatic N) is 2. The maximum Gasteiger partial charge on any atom is 0.309 e. The molecule has 7 nitrogen and oxygen atoms in total. The van der Waals surface area contributed by atoms with E-state index in [1.807, 2.05) is 57.2 Å². The Kier molecular flexibility index (Phi) is 7.39. The fraction of sp³-hybridized carbons (Fsp3) is 0.423. The number of hydrogen-bond acceptors (Lipinski definition) is 6. The van der Waals surface area contributed by atoms with Crippen molar-refractivity contribution in [2.45, 2.75) is 47.6 Å². The molecule has 2 N–H and O–H groups in total. The zero-order valence-electron chi connectivity index (χ0n) is 20.7. The molecule has 2 radical (unpaired) electrons. The number of carbonyl (C=O) groups is 1. The molecule has 0 bridgehead atoms. The summed E-state index contributed by atoms with van der Waals surface area (Å²) in [5.41, 5.74) is 1.26. The Morgan fingerprint density at radius 1 is 1.12 bits per heavy atom. The lowest BCUT2D eigenvalue weighted by molar-refractivity contribution is -0.148. The molecule has 8 heteroatoms. The number of aryl methyl sites for hydroxylation is 1. The van der Waals surface area contributed by atoms with Crippen molar-refractivity contribution in [3.8, 4) is 11.5 Å². The molecule has 2 aromatic carbocycles. The number of fused-ring (bicyclic) bond motifs is 1. The van der Waals surface area contributed by atoms with Gasteiger partial charge in [0.1, 0.15) is 19.5 Å². The molecule has 0 saturated heterocycles. The van der Waals surface area contributed by atoms with Crippen LogP contribution >= 0.6 is 0 Å². The molecule has 178 valence electrons. The largest absolute Gasteiger partial charge is 0.493 e. The van der Waals surface area contributed by atoms with E-state index in [1.165, 1.54) is 0 Å². The maximum atomic E-state index is 11.6. The van der Waals surface area contributed by atoms with Crippen molar-refractivity contribution < 1.29 is 19.4 Å². The summed E-state index contributed by atoms with van der Waals surface area (Å²) < 4.78 is 11.7. The predicted octanol–water partition coefficient (Wildman–Crippen LogP) is 4.26. The number of aliphatic carboxylic acids is 1. The molecule has 0 atom stereocenters. The topological polar surface area (TPSA) is 93.6 Å². The first-order chi connectivity index (χ1) is 15.9. The summed E-state index contributed by atoms with van der Waals surface area (Å²) in [5, 5.41) is 13.7. The van der Waals surface area contributed by atoms with Gasteiger partial charge in [-0.15, -0.1) is 0 Å². The van der Waals surface area contributed by atoms with Crippen molar-refractivity contribution in [1.82, 2.24) is 9.97 Å². The molecule has 0 unspecified atom stereocenters. The summed E-state index contributed by atoms with van der Waals surface area (Å²) in [6.07, 6.45) is 0.463. The number of aromatic nitrogens is 2. The van der Waals surface area contributed by atoms with Gasteiger partial charge in [-0.1, -0.05) is 43.6 Å². The Bertz CT molecular complexity index is 1190. The second-order valence-electron chi connectivity index (χ2n) is 10.1. The third kappa shape index (κ3) is 6.19. The van der Waals surface area contributed by atoms with Gasteiger partial charge in [0.25, 0.3) is 0 Å². The monoisotopic (exact) mass is 461 g/mol. The highest BCUT2D eigenvalue weighted by atomic mass is 16.5. The van der Waals surface area contributed by atoms with Crippen molar-refractivity contribution in [3.05, 3.63) is 47.8 Å². The standard InChI is InChI=1S/C26H32BN3O4/c1-16-29-20-12-22(34-15-25(2,3)14-26(4,5)24(31)32)21(33-6)11-19(20)23(30-16)28-13-17-8-7-9-18(27)10-17/h7-12H,13-15H2,1-6H3,(H,31,32)(H,28,29,30). The van der Waals surface area contributed by atoms with Crippen molar-refractivity contribution in [1.29, 1.82) is 0 Å². The highest BCUT2D eigenvalue weighted by Gasteiger charge is 2.35. The van der Waals surface area contributed by atoms with Gasteiger partial charge in [-0.05, 0) is 44.2 Å². The number of methoxy groups -OCH3 is 1. The van der Waals surface area contributed by atoms with Crippen LogP contribution in [0.25, 0.3) is 10.9 Å². The first-order valence-electron chi connectivity index (χ1n) is 11.2. The first-order valence-corrected chi connectivity index (χ1v) is 11.2. The second-order valence-corrected chi connectivity index (χ2v) is 10.1. The first kappa shape index (κ1) is 25.3. The third-order valence-electron chi connectivity index (χ3n) is 5.62. The Hall–Kier alpha value is -3.29. The number of benzene rings is 2. The molecular formula is C26H32BN3O4. The smallest absolute Gasteiger partial charge is 0.309 e. The third-order valence-corrected chi connectivity index (χ3v) is 5.62. The molecule has 1 aromatic heterocycles. The van der Waals surface area contributed by atoms with E-state index in [0.717, 1.165) is 16.5 Å². The molecule has 3 aromatic rings. The van der Waals surface area contributed by atoms with Gasteiger partial charge >= 0.3 is 5.97 Å². The van der Waals surface area contributed by atoms with E-state index < -0.39 is 11.4 Å². The average Bonchev–Trinajstić information content (AvgIpc) is 2.74. The molecule has 1 heterocycles. The number of carboxylic acids is 1. The number of hydrogen-bond donors (Lipinski definition) is 2. The minimum absolute atomic E-state index is 0.330. The summed E-state index contributed by atoms with van der Waals surface area (Å²) >= 11 is 0. The number of anilines is 1. The van der Waals surface area contributed by atoms with Crippen LogP contribution < -0.4 is 20.3 Å². The summed E-state index contributed by atoms with van der Waals surface area (Å²) in [6.45, 7) is 10.2. The van der Waals surface area contributed by atoms with E-state index in [9.17, 15) is 9.90 Å². The van der Waals surface area contributed by atoms with E-state index in [2.05, 4.69) is 15.3 Å². The van der Waals surface area contributed by atoms with Crippen LogP contribution in [-0.4, -0.2) is 42.6 Å². The van der Waals surface area contributed by atoms with E-state index in [0.29, 0.717) is 48.2 Å². The number of carboxylic acid groups (broad SMARTS) is 1. The van der Waals surface area contributed by atoms with Gasteiger partial charge < -0.3 is 19.9 Å². The Morgan fingerprint density at radius 3 is 2.50 bits per heavy atom. The minimum atomic E-state index is -0.853. The van der Waals surface area contributed by atoms with Crippen LogP contribution in [0.1, 0.15) is 45.5 Å². The fourth-order valence-electron chi connectivity index (χ4n) is 4.14. The summed E-state index contributed by atoms with van der Waals surface area (Å²) in [7, 11) is 7.48. The number of nitrogens with one attached hydrogen (secondary N) is 1. The van der Waals surface area contributed by atoms with Crippen molar-refractivity contribution >= 4 is 36.0 Å². The summed E-state index contributed by atoms with van der Waals surface area (Å²) in [5.74, 6) is 1.60. The van der Waals surface area contributed by atoms with Crippen LogP contribution in [0, 0.1) is 17.8 Å². The van der Waals surface area contributed by atoms with Gasteiger partial charge in [-0.2, -0.15) is 0 Å². The molecular weight excluding hydrogens is 429 g/mol. The van der Waals surface area contributed by atoms with Crippen LogP contribution in [0.2, 0.25) is 0 Å². The molecule has 3 rings (SSSR count). The van der Waals surface area contributed by atoms with Gasteiger partial charge in [0, 0.05) is 18.0 Å². The van der Waals surface area contributed by atoms with Crippen LogP contribution in [0.5, 0.6) is 11.5 Å². The van der Waals surface area contributed by atoms with Gasteiger partial charge in [-0.3, -0.25) is 4.79 Å². The maximum absolute atomic E-state index is 11.6. The van der Waals surface area contributed by atoms with E-state index in [4.69, 9.17) is 17.3 Å². The van der Waals surface area contributed by atoms with Crippen molar-refractivity contribution in [2.75, 3.05) is 19.0 Å². The van der Waals surface area contributed by atoms with Crippen LogP contribution in [0.3, 0.4) is 0 Å². The van der Waals surface area contributed by atoms with Gasteiger partial charge in [-0.25, -0.2) is 9.97 Å². The summed E-state index contributed by atoms with van der Waals surface area (Å²) in [4.78, 5) is 20.7. The SMILES string of the molecule is [B]c1cccc(CNc2nc(C)nc3cc(OCC(C)(C)CC(C)(C)C(=O)O)c(OC)cc23)c1. The Morgan fingerprint density at radius 2 is 1.85 bits per heavy atom. The van der Waals surface area contributed by atoms with Crippen LogP contribution in [0.4, 0.5) is 5.82 Å². The lowest BCUT2D eigenvalue weighted by Crippen LogP contribution is -2.33. The lowest BCUT2D eigenvalue weighted by Gasteiger charge is -2.32. The fourth-order valence-corrected chi connectivity index (χ4v) is 4.14. The summed E-state index contributed by atoms with van der Waals surface area (Å²) in [6, 6.07) is 11.4. The van der Waals surface area contributed by atoms with E-state index in [-0.39, 0.29) is 5.41 Å². The molecule has 0 fully saturated rings. The Balaban J connectivity index is 1.86. The highest BCUT2D eigenvalue weighted by Crippen LogP contribution is 2.38. The number of rotatable bonds is 10. The molecule has 34 heavy (non-hydrogen) atoms. The molecule has 0 aliphatic carbocycles. The normalized spacial score (nSPS) is 11.9. The van der Waals surface area contributed by atoms with Crippen LogP contribution in [0.15, 0.2) is 36.4 Å². The zero-order chi connectivity index (χ0) is 25.1. The van der Waals surface area contributed by atoms with Crippen molar-refractivity contribution in [2.24, 2.45) is 10.8 Å². The predicted molar refractivity (Wildman–Crippen MR) is 135 cm³/mol. The quantitative estimate of drug-likeness (QED) is 0.436. The van der Waals surface area contributed by atoms with Gasteiger partial charge in [0.05, 0.1) is 24.6 Å². The molecule has 0 aliphatic heterocycles. The minimum Gasteiger partial charge on any atom is -0.493 e. The zero-order valence-corrected chi connectivity index (χ0v) is 20.7. The Labute approximate surface area is 202 Å². The second kappa shape index (κ2) is 9.91. The van der Waals surface area contributed by atoms with E-state index in [1.54, 1.807) is 21.0 Å². The average molecular weight is 461 g/mol. The van der Waals surface area contributed by atoms with Crippen molar-refractivity contribution in [3.63, 3.8) is 0 Å². The molecule has 0 aliphatic rings. The number of ether oxygens (including phenoxy) is 2.